The van der Waals surface area contributed by atoms with Gasteiger partial charge in [0.05, 0.1) is 5.69 Å². The summed E-state index contributed by atoms with van der Waals surface area (Å²) in [5.41, 5.74) is 5.67. The number of aromatic amines is 1. The monoisotopic (exact) mass is 208 g/mol. The topological polar surface area (TPSA) is 96.2 Å². The van der Waals surface area contributed by atoms with Crippen LogP contribution in [0.5, 0.6) is 0 Å². The van der Waals surface area contributed by atoms with E-state index in [0.29, 0.717) is 5.56 Å². The van der Waals surface area contributed by atoms with E-state index >= 15 is 0 Å². The molecule has 5 nitrogen and oxygen atoms in total. The summed E-state index contributed by atoms with van der Waals surface area (Å²) in [4.78, 5) is 24.4. The van der Waals surface area contributed by atoms with E-state index in [1.807, 2.05) is 0 Å². The Morgan fingerprint density at radius 1 is 1.53 bits per heavy atom. The predicted octanol–water partition coefficient (Wildman–Crippen LogP) is 0.923. The molecule has 4 N–H and O–H groups in total. The van der Waals surface area contributed by atoms with E-state index < -0.39 is 11.5 Å². The lowest BCUT2D eigenvalue weighted by Gasteiger charge is -2.26. The maximum absolute atomic E-state index is 11.2. The minimum atomic E-state index is -1.10. The van der Waals surface area contributed by atoms with Gasteiger partial charge in [0.1, 0.15) is 5.69 Å². The lowest BCUT2D eigenvalue weighted by molar-refractivity contribution is 0.0687. The average Bonchev–Trinajstić information content (AvgIpc) is 2.07. The number of carboxylic acid groups (broad SMARTS) is 1. The van der Waals surface area contributed by atoms with E-state index in [9.17, 15) is 9.59 Å². The Labute approximate surface area is 85.9 Å². The molecule has 0 unspecified atom stereocenters. The molecule has 1 fully saturated rings. The van der Waals surface area contributed by atoms with E-state index in [1.165, 1.54) is 6.07 Å². The van der Waals surface area contributed by atoms with Gasteiger partial charge in [0, 0.05) is 0 Å². The van der Waals surface area contributed by atoms with E-state index in [0.717, 1.165) is 19.3 Å². The molecular formula is C10H12N2O3. The molecule has 0 aromatic carbocycles. The third-order valence-corrected chi connectivity index (χ3v) is 2.86. The molecule has 0 radical (unpaired) electrons. The molecule has 5 heteroatoms. The highest BCUT2D eigenvalue weighted by Crippen LogP contribution is 2.37. The second-order valence-corrected chi connectivity index (χ2v) is 3.82. The zero-order valence-corrected chi connectivity index (χ0v) is 8.12. The van der Waals surface area contributed by atoms with Crippen molar-refractivity contribution in [3.05, 3.63) is 27.7 Å². The van der Waals surface area contributed by atoms with Crippen LogP contribution in [0, 0.1) is 0 Å². The van der Waals surface area contributed by atoms with Crippen LogP contribution in [0.3, 0.4) is 0 Å². The van der Waals surface area contributed by atoms with Crippen molar-refractivity contribution in [3.8, 4) is 0 Å². The van der Waals surface area contributed by atoms with Crippen LogP contribution < -0.4 is 11.3 Å². The second kappa shape index (κ2) is 3.42. The molecule has 0 saturated heterocycles. The minimum absolute atomic E-state index is 0.0149. The summed E-state index contributed by atoms with van der Waals surface area (Å²) >= 11 is 0. The number of anilines is 1. The standard InChI is InChI=1S/C10H12N2O3/c11-7-4-6(5-2-1-3-5)8(10(14)15)12-9(7)13/h4-5H,1-3,11H2,(H,12,13)(H,14,15). The molecule has 0 bridgehead atoms. The van der Waals surface area contributed by atoms with Crippen LogP contribution in [0.15, 0.2) is 10.9 Å². The third-order valence-electron chi connectivity index (χ3n) is 2.86. The molecule has 1 aromatic heterocycles. The number of H-pyrrole nitrogens is 1. The van der Waals surface area contributed by atoms with Crippen LogP contribution in [-0.2, 0) is 0 Å². The molecule has 0 aliphatic heterocycles. The first-order chi connectivity index (χ1) is 7.09. The van der Waals surface area contributed by atoms with Gasteiger partial charge in [-0.05, 0) is 30.4 Å². The van der Waals surface area contributed by atoms with Gasteiger partial charge >= 0.3 is 5.97 Å². The van der Waals surface area contributed by atoms with Gasteiger partial charge in [-0.25, -0.2) is 4.79 Å². The Balaban J connectivity index is 2.54. The number of hydrogen-bond donors (Lipinski definition) is 3. The van der Waals surface area contributed by atoms with Crippen molar-refractivity contribution in [1.82, 2.24) is 4.98 Å². The molecule has 1 saturated carbocycles. The van der Waals surface area contributed by atoms with Crippen molar-refractivity contribution in [2.24, 2.45) is 0 Å². The van der Waals surface area contributed by atoms with Crippen LogP contribution in [0.2, 0.25) is 0 Å². The zero-order chi connectivity index (χ0) is 11.0. The SMILES string of the molecule is Nc1cc(C2CCC2)c(C(=O)O)[nH]c1=O. The number of hydrogen-bond acceptors (Lipinski definition) is 3. The fraction of sp³-hybridized carbons (Fsp3) is 0.400. The number of carboxylic acids is 1. The van der Waals surface area contributed by atoms with Crippen LogP contribution in [0.4, 0.5) is 5.69 Å². The third kappa shape index (κ3) is 1.60. The van der Waals surface area contributed by atoms with Crippen molar-refractivity contribution >= 4 is 11.7 Å². The molecule has 0 spiro atoms. The summed E-state index contributed by atoms with van der Waals surface area (Å²) in [7, 11) is 0. The zero-order valence-electron chi connectivity index (χ0n) is 8.12. The highest BCUT2D eigenvalue weighted by Gasteiger charge is 2.25. The predicted molar refractivity (Wildman–Crippen MR) is 55.0 cm³/mol. The highest BCUT2D eigenvalue weighted by molar-refractivity contribution is 5.87. The molecule has 0 atom stereocenters. The maximum Gasteiger partial charge on any atom is 0.352 e. The highest BCUT2D eigenvalue weighted by atomic mass is 16.4. The number of aromatic nitrogens is 1. The number of pyridine rings is 1. The van der Waals surface area contributed by atoms with Gasteiger partial charge in [0.2, 0.25) is 0 Å². The van der Waals surface area contributed by atoms with Gasteiger partial charge in [-0.15, -0.1) is 0 Å². The van der Waals surface area contributed by atoms with Crippen LogP contribution in [-0.4, -0.2) is 16.1 Å². The van der Waals surface area contributed by atoms with Crippen LogP contribution >= 0.6 is 0 Å². The fourth-order valence-electron chi connectivity index (χ4n) is 1.78. The van der Waals surface area contributed by atoms with E-state index in [1.54, 1.807) is 0 Å². The summed E-state index contributed by atoms with van der Waals surface area (Å²) in [6.07, 6.45) is 3.03. The summed E-state index contributed by atoms with van der Waals surface area (Å²) in [5.74, 6) is -0.871. The van der Waals surface area contributed by atoms with Gasteiger partial charge in [-0.3, -0.25) is 4.79 Å². The Morgan fingerprint density at radius 2 is 2.20 bits per heavy atom. The Kier molecular flexibility index (Phi) is 2.22. The smallest absolute Gasteiger partial charge is 0.352 e. The quantitative estimate of drug-likeness (QED) is 0.673. The van der Waals surface area contributed by atoms with Gasteiger partial charge in [-0.1, -0.05) is 6.42 Å². The number of rotatable bonds is 2. The summed E-state index contributed by atoms with van der Waals surface area (Å²) in [5, 5.41) is 8.94. The number of nitrogens with one attached hydrogen (secondary N) is 1. The van der Waals surface area contributed by atoms with Gasteiger partial charge in [-0.2, -0.15) is 0 Å². The summed E-state index contributed by atoms with van der Waals surface area (Å²) in [6.45, 7) is 0. The first-order valence-corrected chi connectivity index (χ1v) is 4.85. The molecule has 1 aliphatic rings. The first-order valence-electron chi connectivity index (χ1n) is 4.85. The normalized spacial score (nSPS) is 16.0. The van der Waals surface area contributed by atoms with Gasteiger partial charge in [0.15, 0.2) is 0 Å². The Morgan fingerprint density at radius 3 is 2.67 bits per heavy atom. The van der Waals surface area contributed by atoms with Crippen molar-refractivity contribution < 1.29 is 9.90 Å². The lowest BCUT2D eigenvalue weighted by Crippen LogP contribution is -2.22. The average molecular weight is 208 g/mol. The summed E-state index contributed by atoms with van der Waals surface area (Å²) < 4.78 is 0. The maximum atomic E-state index is 11.2. The number of nitrogens with two attached hydrogens (primary N) is 1. The van der Waals surface area contributed by atoms with Crippen molar-refractivity contribution in [2.45, 2.75) is 25.2 Å². The van der Waals surface area contributed by atoms with Crippen LogP contribution in [0.25, 0.3) is 0 Å². The minimum Gasteiger partial charge on any atom is -0.477 e. The van der Waals surface area contributed by atoms with Crippen molar-refractivity contribution in [2.75, 3.05) is 5.73 Å². The first kappa shape index (κ1) is 9.76. The molecule has 0 amide bonds. The fourth-order valence-corrected chi connectivity index (χ4v) is 1.78. The largest absolute Gasteiger partial charge is 0.477 e. The Hall–Kier alpha value is -1.78. The number of aromatic carboxylic acids is 1. The molecule has 1 aliphatic carbocycles. The van der Waals surface area contributed by atoms with E-state index in [-0.39, 0.29) is 17.3 Å². The molecule has 2 rings (SSSR count). The van der Waals surface area contributed by atoms with E-state index in [4.69, 9.17) is 10.8 Å². The van der Waals surface area contributed by atoms with Gasteiger partial charge < -0.3 is 15.8 Å². The Bertz CT molecular complexity index is 460. The number of nitrogen functional groups attached to an aromatic ring is 1. The molecule has 80 valence electrons. The second-order valence-electron chi connectivity index (χ2n) is 3.82. The summed E-state index contributed by atoms with van der Waals surface area (Å²) in [6, 6.07) is 1.49. The lowest BCUT2D eigenvalue weighted by atomic mass is 9.79. The van der Waals surface area contributed by atoms with Crippen LogP contribution in [0.1, 0.15) is 41.2 Å². The van der Waals surface area contributed by atoms with Gasteiger partial charge in [0.25, 0.3) is 5.56 Å². The molecule has 1 heterocycles. The van der Waals surface area contributed by atoms with Crippen molar-refractivity contribution in [1.29, 1.82) is 0 Å². The molecule has 15 heavy (non-hydrogen) atoms. The van der Waals surface area contributed by atoms with E-state index in [2.05, 4.69) is 4.98 Å². The number of carbonyl (C=O) groups is 1. The molecule has 1 aromatic rings. The van der Waals surface area contributed by atoms with Crippen molar-refractivity contribution in [3.63, 3.8) is 0 Å². The molecular weight excluding hydrogens is 196 g/mol.